The van der Waals surface area contributed by atoms with Crippen molar-refractivity contribution in [1.29, 1.82) is 0 Å². The maximum Gasteiger partial charge on any atom is 0.223 e. The van der Waals surface area contributed by atoms with E-state index in [0.29, 0.717) is 59.9 Å². The highest BCUT2D eigenvalue weighted by atomic mass is 19.1. The lowest BCUT2D eigenvalue weighted by molar-refractivity contribution is -0.117. The van der Waals surface area contributed by atoms with Crippen molar-refractivity contribution in [3.8, 4) is 11.5 Å². The van der Waals surface area contributed by atoms with Crippen molar-refractivity contribution in [2.75, 3.05) is 50.3 Å². The van der Waals surface area contributed by atoms with Gasteiger partial charge in [0, 0.05) is 47.6 Å². The lowest BCUT2D eigenvalue weighted by atomic mass is 9.95. The molecule has 0 saturated carbocycles. The first-order valence-corrected chi connectivity index (χ1v) is 13.0. The Labute approximate surface area is 232 Å². The van der Waals surface area contributed by atoms with E-state index >= 15 is 0 Å². The van der Waals surface area contributed by atoms with E-state index in [1.54, 1.807) is 25.3 Å². The van der Waals surface area contributed by atoms with E-state index in [9.17, 15) is 14.3 Å². The summed E-state index contributed by atoms with van der Waals surface area (Å²) in [7, 11) is 1.56. The van der Waals surface area contributed by atoms with E-state index in [1.807, 2.05) is 30.9 Å². The van der Waals surface area contributed by atoms with Crippen molar-refractivity contribution in [2.45, 2.75) is 26.7 Å². The molecule has 0 unspecified atom stereocenters. The van der Waals surface area contributed by atoms with Crippen molar-refractivity contribution in [2.24, 2.45) is 16.1 Å². The fourth-order valence-electron chi connectivity index (χ4n) is 4.18. The number of aromatic amines is 1. The molecule has 12 heteroatoms. The molecule has 0 spiro atoms. The number of nitrogens with zero attached hydrogens (tertiary/aromatic N) is 3. The third-order valence-corrected chi connectivity index (χ3v) is 6.34. The Morgan fingerprint density at radius 2 is 2.10 bits per heavy atom. The molecule has 0 aliphatic carbocycles. The van der Waals surface area contributed by atoms with Crippen LogP contribution in [0.15, 0.2) is 47.5 Å². The molecule has 6 N–H and O–H groups in total. The first-order valence-electron chi connectivity index (χ1n) is 13.0. The molecule has 0 radical (unpaired) electrons. The summed E-state index contributed by atoms with van der Waals surface area (Å²) in [6, 6.07) is 11.6. The molecule has 40 heavy (non-hydrogen) atoms. The number of aliphatic hydroxyl groups excluding tert-OH is 1. The maximum absolute atomic E-state index is 14.1. The average Bonchev–Trinajstić information content (AvgIpc) is 3.36. The molecule has 1 aromatic heterocycles. The van der Waals surface area contributed by atoms with Gasteiger partial charge in [0.2, 0.25) is 5.91 Å². The van der Waals surface area contributed by atoms with E-state index < -0.39 is 5.91 Å². The largest absolute Gasteiger partial charge is 0.493 e. The molecule has 214 valence electrons. The van der Waals surface area contributed by atoms with Gasteiger partial charge in [-0.2, -0.15) is 5.10 Å². The Kier molecular flexibility index (Phi) is 9.22. The summed E-state index contributed by atoms with van der Waals surface area (Å²) < 4.78 is 25.8. The number of aliphatic hydroxyl groups is 1. The molecule has 2 heterocycles. The monoisotopic (exact) mass is 553 g/mol. The number of amidine groups is 1. The number of H-pyrrole nitrogens is 1. The molecule has 11 nitrogen and oxygen atoms in total. The van der Waals surface area contributed by atoms with Crippen LogP contribution in [0.5, 0.6) is 11.5 Å². The zero-order valence-electron chi connectivity index (χ0n) is 23.0. The molecule has 0 atom stereocenters. The molecule has 0 saturated heterocycles. The number of halogens is 1. The number of nitrogens with one attached hydrogen (secondary N) is 3. The van der Waals surface area contributed by atoms with Crippen molar-refractivity contribution in [1.82, 2.24) is 15.5 Å². The number of anilines is 2. The van der Waals surface area contributed by atoms with Crippen LogP contribution in [0.25, 0.3) is 0 Å². The lowest BCUT2D eigenvalue weighted by Crippen LogP contribution is -2.40. The molecular formula is C28H36FN7O4. The number of fused-ring (bicyclic) bond motifs is 1. The number of hydrogen-bond acceptors (Lipinski definition) is 8. The van der Waals surface area contributed by atoms with E-state index in [0.717, 1.165) is 18.7 Å². The number of amides is 1. The minimum Gasteiger partial charge on any atom is -0.493 e. The number of nitrogens with two attached hydrogens (primary N) is 1. The quantitative estimate of drug-likeness (QED) is 0.203. The number of aromatic nitrogens is 2. The smallest absolute Gasteiger partial charge is 0.223 e. The van der Waals surface area contributed by atoms with Crippen LogP contribution < -0.4 is 30.7 Å². The Morgan fingerprint density at radius 1 is 1.27 bits per heavy atom. The van der Waals surface area contributed by atoms with E-state index in [4.69, 9.17) is 20.2 Å². The SMILES string of the molecule is COc1cc2c(cc1OCCCNCC(C)(C)CO)NCN(c1cccc(F)c1)C2=Nc1cc(CC(N)=O)[nH]n1. The predicted octanol–water partition coefficient (Wildman–Crippen LogP) is 2.93. The van der Waals surface area contributed by atoms with Crippen LogP contribution >= 0.6 is 0 Å². The van der Waals surface area contributed by atoms with Crippen LogP contribution in [0.1, 0.15) is 31.5 Å². The second-order valence-electron chi connectivity index (χ2n) is 10.3. The van der Waals surface area contributed by atoms with E-state index in [2.05, 4.69) is 20.8 Å². The van der Waals surface area contributed by atoms with Gasteiger partial charge < -0.3 is 35.8 Å². The topological polar surface area (TPSA) is 150 Å². The summed E-state index contributed by atoms with van der Waals surface area (Å²) >= 11 is 0. The average molecular weight is 554 g/mol. The summed E-state index contributed by atoms with van der Waals surface area (Å²) in [4.78, 5) is 17.9. The lowest BCUT2D eigenvalue weighted by Gasteiger charge is -2.33. The molecule has 0 bridgehead atoms. The first kappa shape index (κ1) is 28.8. The van der Waals surface area contributed by atoms with Crippen molar-refractivity contribution >= 4 is 28.9 Å². The summed E-state index contributed by atoms with van der Waals surface area (Å²) in [5, 5.41) is 23.1. The van der Waals surface area contributed by atoms with Gasteiger partial charge in [-0.15, -0.1) is 0 Å². The normalized spacial score (nSPS) is 14.1. The van der Waals surface area contributed by atoms with Gasteiger partial charge in [0.15, 0.2) is 17.3 Å². The van der Waals surface area contributed by atoms with Crippen molar-refractivity contribution in [3.63, 3.8) is 0 Å². The molecule has 0 fully saturated rings. The number of carbonyl (C=O) groups is 1. The van der Waals surface area contributed by atoms with Gasteiger partial charge in [-0.1, -0.05) is 19.9 Å². The van der Waals surface area contributed by atoms with Crippen LogP contribution in [-0.4, -0.2) is 67.1 Å². The minimum absolute atomic E-state index is 0.00679. The fourth-order valence-corrected chi connectivity index (χ4v) is 4.18. The molecule has 1 aliphatic heterocycles. The Bertz CT molecular complexity index is 1360. The zero-order chi connectivity index (χ0) is 28.7. The second kappa shape index (κ2) is 12.8. The van der Waals surface area contributed by atoms with Gasteiger partial charge in [-0.3, -0.25) is 9.89 Å². The first-order chi connectivity index (χ1) is 19.2. The molecule has 2 aromatic carbocycles. The van der Waals surface area contributed by atoms with Crippen molar-refractivity contribution in [3.05, 3.63) is 59.5 Å². The number of rotatable bonds is 13. The highest BCUT2D eigenvalue weighted by Gasteiger charge is 2.27. The van der Waals surface area contributed by atoms with E-state index in [1.165, 1.54) is 12.1 Å². The van der Waals surface area contributed by atoms with Gasteiger partial charge in [0.1, 0.15) is 11.7 Å². The minimum atomic E-state index is -0.488. The molecule has 3 aromatic rings. The number of benzene rings is 2. The number of ether oxygens (including phenoxy) is 2. The third-order valence-electron chi connectivity index (χ3n) is 6.34. The van der Waals surface area contributed by atoms with Gasteiger partial charge in [-0.05, 0) is 37.2 Å². The number of primary amides is 1. The second-order valence-corrected chi connectivity index (χ2v) is 10.3. The Hall–Kier alpha value is -4.16. The highest BCUT2D eigenvalue weighted by Crippen LogP contribution is 2.38. The fraction of sp³-hybridized carbons (Fsp3) is 0.393. The summed E-state index contributed by atoms with van der Waals surface area (Å²) in [6.45, 7) is 6.35. The summed E-state index contributed by atoms with van der Waals surface area (Å²) in [6.07, 6.45) is 0.773. The summed E-state index contributed by atoms with van der Waals surface area (Å²) in [5.41, 5.74) is 7.73. The standard InChI is InChI=1S/C28H36FN7O4/c1-28(2,16-37)15-31-8-5-9-40-24-14-22-21(13-23(24)39-3)27(33-26-12-19(34-35-26)11-25(30)38)36(17-32-22)20-7-4-6-18(29)10-20/h4,6-7,10,12-14,31-32,37H,5,8-9,11,15-17H2,1-3H3,(H2,30,38)(H,34,35). The number of aliphatic imine (C=N–C) groups is 1. The third kappa shape index (κ3) is 7.27. The van der Waals surface area contributed by atoms with Crippen molar-refractivity contribution < 1.29 is 23.8 Å². The predicted molar refractivity (Wildman–Crippen MR) is 152 cm³/mol. The molecule has 1 amide bonds. The van der Waals surface area contributed by atoms with Gasteiger partial charge in [-0.25, -0.2) is 9.38 Å². The molecule has 4 rings (SSSR count). The van der Waals surface area contributed by atoms with Gasteiger partial charge in [0.25, 0.3) is 0 Å². The Balaban J connectivity index is 1.59. The van der Waals surface area contributed by atoms with Crippen LogP contribution in [0.4, 0.5) is 21.6 Å². The van der Waals surface area contributed by atoms with Crippen LogP contribution in [0, 0.1) is 11.2 Å². The zero-order valence-corrected chi connectivity index (χ0v) is 23.0. The van der Waals surface area contributed by atoms with Crippen LogP contribution in [0.2, 0.25) is 0 Å². The molecule has 1 aliphatic rings. The van der Waals surface area contributed by atoms with Gasteiger partial charge >= 0.3 is 0 Å². The number of carbonyl (C=O) groups excluding carboxylic acids is 1. The van der Waals surface area contributed by atoms with Crippen LogP contribution in [-0.2, 0) is 11.2 Å². The van der Waals surface area contributed by atoms with E-state index in [-0.39, 0.29) is 24.3 Å². The van der Waals surface area contributed by atoms with Crippen LogP contribution in [0.3, 0.4) is 0 Å². The highest BCUT2D eigenvalue weighted by molar-refractivity contribution is 6.16. The van der Waals surface area contributed by atoms with Gasteiger partial charge in [0.05, 0.1) is 32.5 Å². The summed E-state index contributed by atoms with van der Waals surface area (Å²) in [5.74, 6) is 1.08. The maximum atomic E-state index is 14.1. The molecular weight excluding hydrogens is 517 g/mol. The Morgan fingerprint density at radius 3 is 2.83 bits per heavy atom. The number of hydrogen-bond donors (Lipinski definition) is 5. The number of methoxy groups -OCH3 is 1.